The predicted molar refractivity (Wildman–Crippen MR) is 87.2 cm³/mol. The van der Waals surface area contributed by atoms with Crippen LogP contribution in [0.4, 0.5) is 10.1 Å². The van der Waals surface area contributed by atoms with E-state index in [0.717, 1.165) is 10.2 Å². The fourth-order valence-corrected chi connectivity index (χ4v) is 2.95. The molecule has 0 unspecified atom stereocenters. The maximum absolute atomic E-state index is 13.1. The number of nitrogens with one attached hydrogen (secondary N) is 1. The molecule has 0 aliphatic heterocycles. The van der Waals surface area contributed by atoms with Crippen LogP contribution in [0.2, 0.25) is 5.02 Å². The van der Waals surface area contributed by atoms with Crippen LogP contribution in [-0.2, 0) is 0 Å². The molecule has 2 aromatic rings. The minimum atomic E-state index is -0.377. The van der Waals surface area contributed by atoms with Crippen molar-refractivity contribution in [2.24, 2.45) is 0 Å². The summed E-state index contributed by atoms with van der Waals surface area (Å²) in [5.74, 6) is 0.406. The topological polar surface area (TPSA) is 21.3 Å². The molecule has 0 saturated heterocycles. The van der Waals surface area contributed by atoms with E-state index in [1.54, 1.807) is 0 Å². The highest BCUT2D eigenvalue weighted by molar-refractivity contribution is 9.10. The van der Waals surface area contributed by atoms with E-state index in [4.69, 9.17) is 16.3 Å². The Morgan fingerprint density at radius 3 is 2.70 bits per heavy atom. The third-order valence-corrected chi connectivity index (χ3v) is 3.89. The minimum absolute atomic E-state index is 0.333. The highest BCUT2D eigenvalue weighted by Gasteiger charge is 2.07. The van der Waals surface area contributed by atoms with Crippen LogP contribution in [0.25, 0.3) is 0 Å². The Balaban J connectivity index is 1.88. The van der Waals surface area contributed by atoms with Crippen molar-refractivity contribution in [2.45, 2.75) is 0 Å². The van der Waals surface area contributed by atoms with Crippen LogP contribution >= 0.6 is 43.5 Å². The number of rotatable bonds is 5. The summed E-state index contributed by atoms with van der Waals surface area (Å²) in [6.07, 6.45) is 0. The molecule has 2 aromatic carbocycles. The van der Waals surface area contributed by atoms with Gasteiger partial charge in [0, 0.05) is 15.5 Å². The van der Waals surface area contributed by atoms with Gasteiger partial charge in [-0.05, 0) is 46.3 Å². The molecule has 0 aliphatic rings. The molecular formula is C14H11Br2ClFNO. The summed E-state index contributed by atoms with van der Waals surface area (Å²) in [5, 5.41) is 3.44. The average Bonchev–Trinajstić information content (AvgIpc) is 2.36. The quantitative estimate of drug-likeness (QED) is 0.642. The van der Waals surface area contributed by atoms with Crippen molar-refractivity contribution in [3.05, 3.63) is 56.2 Å². The Morgan fingerprint density at radius 2 is 2.00 bits per heavy atom. The van der Waals surface area contributed by atoms with Crippen LogP contribution in [0.3, 0.4) is 0 Å². The SMILES string of the molecule is Fc1cc(Cl)c(NCCOc2cccc(Br)c2)c(Br)c1. The molecule has 0 aliphatic carbocycles. The number of hydrogen-bond acceptors (Lipinski definition) is 2. The number of halogens is 4. The molecule has 2 nitrogen and oxygen atoms in total. The first kappa shape index (κ1) is 15.6. The molecule has 2 rings (SSSR count). The van der Waals surface area contributed by atoms with Crippen molar-refractivity contribution >= 4 is 49.1 Å². The Hall–Kier alpha value is -0.780. The molecule has 20 heavy (non-hydrogen) atoms. The van der Waals surface area contributed by atoms with Gasteiger partial charge in [0.1, 0.15) is 18.2 Å². The normalized spacial score (nSPS) is 10.4. The summed E-state index contributed by atoms with van der Waals surface area (Å²) in [6, 6.07) is 10.2. The van der Waals surface area contributed by atoms with Crippen LogP contribution in [0.1, 0.15) is 0 Å². The Labute approximate surface area is 138 Å². The van der Waals surface area contributed by atoms with Crippen LogP contribution < -0.4 is 10.1 Å². The average molecular weight is 424 g/mol. The van der Waals surface area contributed by atoms with Gasteiger partial charge in [0.05, 0.1) is 10.7 Å². The van der Waals surface area contributed by atoms with E-state index < -0.39 is 0 Å². The summed E-state index contributed by atoms with van der Waals surface area (Å²) in [7, 11) is 0. The van der Waals surface area contributed by atoms with Gasteiger partial charge in [0.25, 0.3) is 0 Å². The molecule has 0 spiro atoms. The lowest BCUT2D eigenvalue weighted by molar-refractivity contribution is 0.332. The predicted octanol–water partition coefficient (Wildman–Crippen LogP) is 5.50. The van der Waals surface area contributed by atoms with Crippen molar-refractivity contribution in [1.82, 2.24) is 0 Å². The standard InChI is InChI=1S/C14H11Br2ClFNO/c15-9-2-1-3-11(6-9)20-5-4-19-14-12(16)7-10(18)8-13(14)17/h1-3,6-8,19H,4-5H2. The van der Waals surface area contributed by atoms with Gasteiger partial charge in [-0.25, -0.2) is 4.39 Å². The van der Waals surface area contributed by atoms with E-state index in [1.807, 2.05) is 24.3 Å². The van der Waals surface area contributed by atoms with Gasteiger partial charge in [-0.3, -0.25) is 0 Å². The van der Waals surface area contributed by atoms with E-state index in [-0.39, 0.29) is 5.82 Å². The highest BCUT2D eigenvalue weighted by atomic mass is 79.9. The van der Waals surface area contributed by atoms with Crippen LogP contribution in [0.15, 0.2) is 45.3 Å². The van der Waals surface area contributed by atoms with Crippen LogP contribution in [0, 0.1) is 5.82 Å². The maximum atomic E-state index is 13.1. The first-order chi connectivity index (χ1) is 9.56. The first-order valence-electron chi connectivity index (χ1n) is 5.83. The van der Waals surface area contributed by atoms with Crippen molar-refractivity contribution in [2.75, 3.05) is 18.5 Å². The number of hydrogen-bond donors (Lipinski definition) is 1. The van der Waals surface area contributed by atoms with Gasteiger partial charge in [0.2, 0.25) is 0 Å². The fourth-order valence-electron chi connectivity index (χ4n) is 1.61. The fraction of sp³-hybridized carbons (Fsp3) is 0.143. The molecule has 0 saturated carbocycles. The minimum Gasteiger partial charge on any atom is -0.492 e. The van der Waals surface area contributed by atoms with E-state index in [0.29, 0.717) is 28.3 Å². The molecule has 0 fully saturated rings. The lowest BCUT2D eigenvalue weighted by atomic mass is 10.3. The van der Waals surface area contributed by atoms with Gasteiger partial charge in [-0.1, -0.05) is 33.6 Å². The van der Waals surface area contributed by atoms with Crippen molar-refractivity contribution in [3.8, 4) is 5.75 Å². The summed E-state index contributed by atoms with van der Waals surface area (Å²) in [4.78, 5) is 0. The van der Waals surface area contributed by atoms with E-state index in [1.165, 1.54) is 12.1 Å². The summed E-state index contributed by atoms with van der Waals surface area (Å²) >= 11 is 12.6. The van der Waals surface area contributed by atoms with Gasteiger partial charge in [0.15, 0.2) is 0 Å². The van der Waals surface area contributed by atoms with Crippen molar-refractivity contribution in [1.29, 1.82) is 0 Å². The Bertz CT molecular complexity index is 586. The second kappa shape index (κ2) is 7.29. The molecule has 106 valence electrons. The summed E-state index contributed by atoms with van der Waals surface area (Å²) in [5.41, 5.74) is 0.658. The van der Waals surface area contributed by atoms with Crippen LogP contribution in [-0.4, -0.2) is 13.2 Å². The van der Waals surface area contributed by atoms with Crippen molar-refractivity contribution < 1.29 is 9.13 Å². The Morgan fingerprint density at radius 1 is 1.20 bits per heavy atom. The van der Waals surface area contributed by atoms with Gasteiger partial charge in [-0.2, -0.15) is 0 Å². The van der Waals surface area contributed by atoms with E-state index in [9.17, 15) is 4.39 Å². The lowest BCUT2D eigenvalue weighted by Crippen LogP contribution is -2.12. The van der Waals surface area contributed by atoms with E-state index in [2.05, 4.69) is 37.2 Å². The van der Waals surface area contributed by atoms with Gasteiger partial charge in [-0.15, -0.1) is 0 Å². The summed E-state index contributed by atoms with van der Waals surface area (Å²) in [6.45, 7) is 1.02. The third kappa shape index (κ3) is 4.36. The largest absolute Gasteiger partial charge is 0.492 e. The molecule has 0 aromatic heterocycles. The summed E-state index contributed by atoms with van der Waals surface area (Å²) < 4.78 is 20.2. The van der Waals surface area contributed by atoms with Crippen LogP contribution in [0.5, 0.6) is 5.75 Å². The first-order valence-corrected chi connectivity index (χ1v) is 7.79. The number of ether oxygens (including phenoxy) is 1. The monoisotopic (exact) mass is 421 g/mol. The van der Waals surface area contributed by atoms with Crippen molar-refractivity contribution in [3.63, 3.8) is 0 Å². The zero-order chi connectivity index (χ0) is 14.5. The van der Waals surface area contributed by atoms with Gasteiger partial charge >= 0.3 is 0 Å². The van der Waals surface area contributed by atoms with E-state index >= 15 is 0 Å². The Kier molecular flexibility index (Phi) is 5.69. The lowest BCUT2D eigenvalue weighted by Gasteiger charge is -2.12. The maximum Gasteiger partial charge on any atom is 0.125 e. The third-order valence-electron chi connectivity index (χ3n) is 2.48. The molecule has 0 heterocycles. The molecule has 6 heteroatoms. The zero-order valence-corrected chi connectivity index (χ0v) is 14.2. The molecule has 0 amide bonds. The molecular weight excluding hydrogens is 412 g/mol. The number of anilines is 1. The molecule has 0 bridgehead atoms. The molecule has 1 N–H and O–H groups in total. The molecule has 0 radical (unpaired) electrons. The van der Waals surface area contributed by atoms with Gasteiger partial charge < -0.3 is 10.1 Å². The molecule has 0 atom stereocenters. The smallest absolute Gasteiger partial charge is 0.125 e. The number of benzene rings is 2. The second-order valence-corrected chi connectivity index (χ2v) is 6.15. The highest BCUT2D eigenvalue weighted by Crippen LogP contribution is 2.31. The second-order valence-electron chi connectivity index (χ2n) is 3.98. The zero-order valence-electron chi connectivity index (χ0n) is 10.3.